The summed E-state index contributed by atoms with van der Waals surface area (Å²) in [7, 11) is 0. The molecule has 0 aliphatic carbocycles. The van der Waals surface area contributed by atoms with Crippen LogP contribution in [0.4, 0.5) is 0 Å². The normalized spacial score (nSPS) is 9.56. The second kappa shape index (κ2) is 2.62. The molecule has 1 rings (SSSR count). The molecule has 0 amide bonds. The summed E-state index contributed by atoms with van der Waals surface area (Å²) in [6.45, 7) is 5.29. The third-order valence-electron chi connectivity index (χ3n) is 1.42. The molecule has 0 bridgehead atoms. The molecular formula is C8H12N+. The predicted molar refractivity (Wildman–Crippen MR) is 37.0 cm³/mol. The van der Waals surface area contributed by atoms with Crippen LogP contribution >= 0.6 is 0 Å². The number of rotatable bonds is 1. The zero-order valence-corrected chi connectivity index (χ0v) is 5.96. The molecule has 0 aliphatic rings. The summed E-state index contributed by atoms with van der Waals surface area (Å²) in [6, 6.07) is 4.23. The minimum atomic E-state index is 1.06. The third kappa shape index (κ3) is 1.53. The van der Waals surface area contributed by atoms with Crippen molar-refractivity contribution in [3.8, 4) is 0 Å². The first-order valence-corrected chi connectivity index (χ1v) is 3.28. The van der Waals surface area contributed by atoms with Crippen LogP contribution in [0.3, 0.4) is 0 Å². The van der Waals surface area contributed by atoms with Gasteiger partial charge in [0, 0.05) is 12.1 Å². The van der Waals surface area contributed by atoms with Crippen LogP contribution in [0.2, 0.25) is 0 Å². The number of hydrogen-bond acceptors (Lipinski definition) is 0. The molecule has 0 saturated heterocycles. The Hall–Kier alpha value is -0.850. The Kier molecular flexibility index (Phi) is 1.83. The maximum atomic E-state index is 2.15. The summed E-state index contributed by atoms with van der Waals surface area (Å²) < 4.78 is 2.15. The van der Waals surface area contributed by atoms with Crippen molar-refractivity contribution >= 4 is 0 Å². The molecule has 0 radical (unpaired) electrons. The lowest BCUT2D eigenvalue weighted by molar-refractivity contribution is -0.693. The van der Waals surface area contributed by atoms with E-state index in [1.165, 1.54) is 5.56 Å². The molecule has 0 fully saturated rings. The van der Waals surface area contributed by atoms with Crippen molar-refractivity contribution in [1.82, 2.24) is 0 Å². The molecule has 1 nitrogen and oxygen atoms in total. The van der Waals surface area contributed by atoms with E-state index in [4.69, 9.17) is 0 Å². The van der Waals surface area contributed by atoms with E-state index in [9.17, 15) is 0 Å². The highest BCUT2D eigenvalue weighted by Crippen LogP contribution is 1.88. The lowest BCUT2D eigenvalue weighted by Crippen LogP contribution is -2.30. The lowest BCUT2D eigenvalue weighted by atomic mass is 10.3. The molecule has 1 aromatic heterocycles. The first kappa shape index (κ1) is 6.27. The van der Waals surface area contributed by atoms with E-state index in [0.29, 0.717) is 0 Å². The minimum absolute atomic E-state index is 1.06. The highest BCUT2D eigenvalue weighted by atomic mass is 14.9. The maximum Gasteiger partial charge on any atom is 0.169 e. The van der Waals surface area contributed by atoms with Crippen LogP contribution in [0, 0.1) is 6.92 Å². The van der Waals surface area contributed by atoms with Crippen LogP contribution in [-0.4, -0.2) is 0 Å². The standard InChI is InChI=1S/C8H12N/c1-3-9-6-4-8(2)5-7-9/h4-7H,3H2,1-2H3/q+1. The van der Waals surface area contributed by atoms with Gasteiger partial charge in [-0.25, -0.2) is 4.57 Å². The van der Waals surface area contributed by atoms with E-state index in [-0.39, 0.29) is 0 Å². The molecule has 1 heterocycles. The van der Waals surface area contributed by atoms with Crippen LogP contribution < -0.4 is 4.57 Å². The van der Waals surface area contributed by atoms with Crippen LogP contribution in [-0.2, 0) is 6.54 Å². The molecule has 0 unspecified atom stereocenters. The van der Waals surface area contributed by atoms with Gasteiger partial charge in [0.15, 0.2) is 12.4 Å². The Morgan fingerprint density at radius 2 is 1.89 bits per heavy atom. The molecule has 1 aromatic rings. The molecule has 0 aromatic carbocycles. The van der Waals surface area contributed by atoms with Gasteiger partial charge in [0.25, 0.3) is 0 Å². The smallest absolute Gasteiger partial charge is 0.169 e. The van der Waals surface area contributed by atoms with Gasteiger partial charge in [0.05, 0.1) is 0 Å². The van der Waals surface area contributed by atoms with Crippen LogP contribution in [0.25, 0.3) is 0 Å². The van der Waals surface area contributed by atoms with Crippen LogP contribution in [0.5, 0.6) is 0 Å². The summed E-state index contributed by atoms with van der Waals surface area (Å²) in [5.74, 6) is 0. The van der Waals surface area contributed by atoms with Gasteiger partial charge in [-0.3, -0.25) is 0 Å². The largest absolute Gasteiger partial charge is 0.205 e. The Morgan fingerprint density at radius 3 is 2.33 bits per heavy atom. The molecule has 48 valence electrons. The summed E-state index contributed by atoms with van der Waals surface area (Å²) >= 11 is 0. The minimum Gasteiger partial charge on any atom is -0.205 e. The second-order valence-electron chi connectivity index (χ2n) is 2.21. The van der Waals surface area contributed by atoms with Gasteiger partial charge in [0.1, 0.15) is 6.54 Å². The molecule has 0 aliphatic heterocycles. The summed E-state index contributed by atoms with van der Waals surface area (Å²) in [6.07, 6.45) is 4.19. The van der Waals surface area contributed by atoms with E-state index < -0.39 is 0 Å². The number of pyridine rings is 1. The Labute approximate surface area is 56.0 Å². The van der Waals surface area contributed by atoms with Gasteiger partial charge in [-0.05, 0) is 19.4 Å². The Morgan fingerprint density at radius 1 is 1.33 bits per heavy atom. The van der Waals surface area contributed by atoms with Crippen molar-refractivity contribution in [2.24, 2.45) is 0 Å². The van der Waals surface area contributed by atoms with Gasteiger partial charge in [0.2, 0.25) is 0 Å². The van der Waals surface area contributed by atoms with Gasteiger partial charge in [-0.2, -0.15) is 0 Å². The highest BCUT2D eigenvalue weighted by Gasteiger charge is 1.90. The molecular weight excluding hydrogens is 110 g/mol. The first-order chi connectivity index (χ1) is 4.33. The van der Waals surface area contributed by atoms with E-state index in [0.717, 1.165) is 6.54 Å². The quantitative estimate of drug-likeness (QED) is 0.494. The molecule has 1 heteroatoms. The van der Waals surface area contributed by atoms with Gasteiger partial charge in [-0.1, -0.05) is 0 Å². The summed E-state index contributed by atoms with van der Waals surface area (Å²) in [5, 5.41) is 0. The van der Waals surface area contributed by atoms with E-state index in [2.05, 4.69) is 42.9 Å². The van der Waals surface area contributed by atoms with E-state index >= 15 is 0 Å². The van der Waals surface area contributed by atoms with E-state index in [1.54, 1.807) is 0 Å². The van der Waals surface area contributed by atoms with Gasteiger partial charge in [-0.15, -0.1) is 0 Å². The third-order valence-corrected chi connectivity index (χ3v) is 1.42. The fourth-order valence-electron chi connectivity index (χ4n) is 0.743. The molecule has 0 atom stereocenters. The van der Waals surface area contributed by atoms with Gasteiger partial charge < -0.3 is 0 Å². The number of aromatic nitrogens is 1. The van der Waals surface area contributed by atoms with Crippen molar-refractivity contribution in [2.75, 3.05) is 0 Å². The topological polar surface area (TPSA) is 3.88 Å². The van der Waals surface area contributed by atoms with Crippen molar-refractivity contribution in [3.63, 3.8) is 0 Å². The molecule has 0 saturated carbocycles. The number of nitrogens with zero attached hydrogens (tertiary/aromatic N) is 1. The van der Waals surface area contributed by atoms with Crippen molar-refractivity contribution in [3.05, 3.63) is 30.1 Å². The monoisotopic (exact) mass is 122 g/mol. The zero-order chi connectivity index (χ0) is 6.69. The fourth-order valence-corrected chi connectivity index (χ4v) is 0.743. The van der Waals surface area contributed by atoms with Crippen molar-refractivity contribution < 1.29 is 4.57 Å². The Bertz CT molecular complexity index is 176. The number of hydrogen-bond donors (Lipinski definition) is 0. The zero-order valence-electron chi connectivity index (χ0n) is 5.96. The van der Waals surface area contributed by atoms with Gasteiger partial charge >= 0.3 is 0 Å². The van der Waals surface area contributed by atoms with E-state index in [1.807, 2.05) is 0 Å². The average molecular weight is 122 g/mol. The van der Waals surface area contributed by atoms with Crippen LogP contribution in [0.1, 0.15) is 12.5 Å². The molecule has 0 N–H and O–H groups in total. The van der Waals surface area contributed by atoms with Crippen LogP contribution in [0.15, 0.2) is 24.5 Å². The van der Waals surface area contributed by atoms with Crippen molar-refractivity contribution in [1.29, 1.82) is 0 Å². The molecule has 9 heavy (non-hydrogen) atoms. The summed E-state index contributed by atoms with van der Waals surface area (Å²) in [4.78, 5) is 0. The fraction of sp³-hybridized carbons (Fsp3) is 0.375. The Balaban J connectivity index is 2.88. The predicted octanol–water partition coefficient (Wildman–Crippen LogP) is 1.30. The number of aryl methyl sites for hydroxylation is 2. The van der Waals surface area contributed by atoms with Crippen molar-refractivity contribution in [2.45, 2.75) is 20.4 Å². The lowest BCUT2D eigenvalue weighted by Gasteiger charge is -1.89. The highest BCUT2D eigenvalue weighted by molar-refractivity contribution is 5.02. The second-order valence-corrected chi connectivity index (χ2v) is 2.21. The first-order valence-electron chi connectivity index (χ1n) is 3.28. The SMILES string of the molecule is CC[n+]1ccc(C)cc1. The molecule has 0 spiro atoms. The summed E-state index contributed by atoms with van der Waals surface area (Å²) in [5.41, 5.74) is 1.32. The maximum absolute atomic E-state index is 2.15. The average Bonchev–Trinajstić information content (AvgIpc) is 1.90.